The molecule has 1 unspecified atom stereocenters. The molecule has 1 aliphatic rings. The molecule has 1 fully saturated rings. The van der Waals surface area contributed by atoms with E-state index in [-0.39, 0.29) is 11.8 Å². The second-order valence-corrected chi connectivity index (χ2v) is 7.47. The average Bonchev–Trinajstić information content (AvgIpc) is 2.77. The highest BCUT2D eigenvalue weighted by Crippen LogP contribution is 2.27. The van der Waals surface area contributed by atoms with Gasteiger partial charge in [-0.15, -0.1) is 0 Å². The van der Waals surface area contributed by atoms with Crippen LogP contribution in [-0.2, 0) is 14.8 Å². The molecule has 7 nitrogen and oxygen atoms in total. The van der Waals surface area contributed by atoms with E-state index in [9.17, 15) is 13.2 Å². The van der Waals surface area contributed by atoms with Crippen LogP contribution in [0.5, 0.6) is 0 Å². The van der Waals surface area contributed by atoms with Gasteiger partial charge in [0.15, 0.2) is 0 Å². The summed E-state index contributed by atoms with van der Waals surface area (Å²) in [7, 11) is -3.39. The molecule has 1 saturated heterocycles. The van der Waals surface area contributed by atoms with E-state index < -0.39 is 16.1 Å². The molecule has 0 radical (unpaired) electrons. The molecule has 0 aliphatic carbocycles. The second kappa shape index (κ2) is 5.36. The number of H-pyrrole nitrogens is 1. The highest BCUT2D eigenvalue weighted by Gasteiger charge is 2.36. The number of amides is 1. The summed E-state index contributed by atoms with van der Waals surface area (Å²) in [5.74, 6) is 0.827. The Bertz CT molecular complexity index is 775. The third kappa shape index (κ3) is 2.97. The maximum absolute atomic E-state index is 12.1. The highest BCUT2D eigenvalue weighted by atomic mass is 32.2. The maximum atomic E-state index is 12.1. The van der Waals surface area contributed by atoms with Gasteiger partial charge in [-0.3, -0.25) is 4.79 Å². The summed E-state index contributed by atoms with van der Waals surface area (Å²) in [6.45, 7) is 2.65. The van der Waals surface area contributed by atoms with Crippen molar-refractivity contribution in [3.8, 4) is 0 Å². The molecule has 3 rings (SSSR count). The number of carbonyl (C=O) groups excluding carboxylic acids is 1. The Hall–Kier alpha value is -1.93. The van der Waals surface area contributed by atoms with Gasteiger partial charge in [0.25, 0.3) is 0 Å². The molecule has 1 amide bonds. The number of hydrogen-bond donors (Lipinski definition) is 2. The number of sulfonamides is 1. The molecule has 2 N–H and O–H groups in total. The second-order valence-electron chi connectivity index (χ2n) is 5.69. The number of hydrogen-bond acceptors (Lipinski definition) is 4. The molecule has 1 atom stereocenters. The van der Waals surface area contributed by atoms with Crippen molar-refractivity contribution >= 4 is 27.0 Å². The molecular weight excluding hydrogens is 304 g/mol. The number of rotatable bonds is 4. The predicted octanol–water partition coefficient (Wildman–Crippen LogP) is 0.426. The minimum atomic E-state index is -3.39. The van der Waals surface area contributed by atoms with Crippen molar-refractivity contribution < 1.29 is 13.2 Å². The lowest BCUT2D eigenvalue weighted by molar-refractivity contribution is -0.137. The number of para-hydroxylation sites is 2. The van der Waals surface area contributed by atoms with Crippen molar-refractivity contribution in [3.63, 3.8) is 0 Å². The lowest BCUT2D eigenvalue weighted by atomic mass is 9.98. The van der Waals surface area contributed by atoms with Crippen LogP contribution in [0.2, 0.25) is 0 Å². The van der Waals surface area contributed by atoms with Crippen molar-refractivity contribution in [2.24, 2.45) is 0 Å². The third-order valence-electron chi connectivity index (χ3n) is 3.75. The van der Waals surface area contributed by atoms with Crippen molar-refractivity contribution in [3.05, 3.63) is 30.1 Å². The summed E-state index contributed by atoms with van der Waals surface area (Å²) < 4.78 is 24.6. The summed E-state index contributed by atoms with van der Waals surface area (Å²) in [5.41, 5.74) is 1.89. The van der Waals surface area contributed by atoms with Crippen molar-refractivity contribution in [1.82, 2.24) is 19.6 Å². The summed E-state index contributed by atoms with van der Waals surface area (Å²) in [6, 6.07) is 7.04. The number of nitrogens with one attached hydrogen (secondary N) is 2. The van der Waals surface area contributed by atoms with E-state index in [1.165, 1.54) is 0 Å². The average molecular weight is 322 g/mol. The Morgan fingerprint density at radius 2 is 2.09 bits per heavy atom. The fourth-order valence-corrected chi connectivity index (χ4v) is 3.39. The van der Waals surface area contributed by atoms with E-state index in [4.69, 9.17) is 0 Å². The number of likely N-dealkylation sites (tertiary alicyclic amines) is 1. The topological polar surface area (TPSA) is 95.2 Å². The Labute approximate surface area is 128 Å². The van der Waals surface area contributed by atoms with Crippen LogP contribution in [0.4, 0.5) is 0 Å². The zero-order valence-corrected chi connectivity index (χ0v) is 13.2. The molecular formula is C14H18N4O3S. The number of fused-ring (bicyclic) bond motifs is 1. The van der Waals surface area contributed by atoms with Gasteiger partial charge in [0.05, 0.1) is 29.2 Å². The molecule has 118 valence electrons. The molecule has 2 heterocycles. The number of nitrogens with zero attached hydrogens (tertiary/aromatic N) is 2. The van der Waals surface area contributed by atoms with E-state index in [0.717, 1.165) is 23.1 Å². The van der Waals surface area contributed by atoms with Crippen LogP contribution in [-0.4, -0.2) is 54.6 Å². The molecule has 22 heavy (non-hydrogen) atoms. The van der Waals surface area contributed by atoms with E-state index in [1.54, 1.807) is 11.8 Å². The Morgan fingerprint density at radius 1 is 1.41 bits per heavy atom. The third-order valence-corrected chi connectivity index (χ3v) is 4.53. The summed E-state index contributed by atoms with van der Waals surface area (Å²) in [5, 5.41) is 0. The first-order chi connectivity index (χ1) is 10.3. The molecule has 0 bridgehead atoms. The lowest BCUT2D eigenvalue weighted by Crippen LogP contribution is -2.55. The minimum Gasteiger partial charge on any atom is -0.342 e. The molecule has 1 aliphatic heterocycles. The van der Waals surface area contributed by atoms with E-state index >= 15 is 0 Å². The SMILES string of the molecule is CC(NS(C)(=O)=O)C(=O)N1CC(c2nc3ccccc3[nH]2)C1. The van der Waals surface area contributed by atoms with Gasteiger partial charge >= 0.3 is 0 Å². The number of carbonyl (C=O) groups is 1. The standard InChI is InChI=1S/C14H18N4O3S/c1-9(17-22(2,20)21)14(19)18-7-10(8-18)13-15-11-5-3-4-6-12(11)16-13/h3-6,9-10,17H,7-8H2,1-2H3,(H,15,16). The van der Waals surface area contributed by atoms with Gasteiger partial charge in [0.2, 0.25) is 15.9 Å². The van der Waals surface area contributed by atoms with Gasteiger partial charge in [-0.05, 0) is 19.1 Å². The first-order valence-electron chi connectivity index (χ1n) is 7.04. The minimum absolute atomic E-state index is 0.168. The van der Waals surface area contributed by atoms with Crippen molar-refractivity contribution in [1.29, 1.82) is 0 Å². The zero-order valence-electron chi connectivity index (χ0n) is 12.4. The van der Waals surface area contributed by atoms with E-state index in [0.29, 0.717) is 13.1 Å². The van der Waals surface area contributed by atoms with Crippen LogP contribution in [0.1, 0.15) is 18.7 Å². The van der Waals surface area contributed by atoms with Gasteiger partial charge in [-0.25, -0.2) is 18.1 Å². The lowest BCUT2D eigenvalue weighted by Gasteiger charge is -2.39. The van der Waals surface area contributed by atoms with Crippen LogP contribution in [0.15, 0.2) is 24.3 Å². The Morgan fingerprint density at radius 3 is 2.73 bits per heavy atom. The smallest absolute Gasteiger partial charge is 0.240 e. The van der Waals surface area contributed by atoms with Crippen LogP contribution < -0.4 is 4.72 Å². The molecule has 8 heteroatoms. The van der Waals surface area contributed by atoms with Crippen LogP contribution in [0.25, 0.3) is 11.0 Å². The van der Waals surface area contributed by atoms with Crippen LogP contribution in [0, 0.1) is 0 Å². The van der Waals surface area contributed by atoms with Gasteiger partial charge in [0.1, 0.15) is 5.82 Å². The fourth-order valence-electron chi connectivity index (χ4n) is 2.64. The maximum Gasteiger partial charge on any atom is 0.240 e. The van der Waals surface area contributed by atoms with Gasteiger partial charge < -0.3 is 9.88 Å². The summed E-state index contributed by atoms with van der Waals surface area (Å²) in [4.78, 5) is 21.6. The molecule has 0 spiro atoms. The number of imidazole rings is 1. The Kier molecular flexibility index (Phi) is 3.65. The fraction of sp³-hybridized carbons (Fsp3) is 0.429. The first-order valence-corrected chi connectivity index (χ1v) is 8.93. The summed E-state index contributed by atoms with van der Waals surface area (Å²) >= 11 is 0. The molecule has 1 aromatic heterocycles. The molecule has 2 aromatic rings. The first kappa shape index (κ1) is 15.0. The zero-order chi connectivity index (χ0) is 15.9. The monoisotopic (exact) mass is 322 g/mol. The summed E-state index contributed by atoms with van der Waals surface area (Å²) in [6.07, 6.45) is 1.05. The Balaban J connectivity index is 1.63. The van der Waals surface area contributed by atoms with Gasteiger partial charge in [-0.2, -0.15) is 0 Å². The van der Waals surface area contributed by atoms with Gasteiger partial charge in [0, 0.05) is 13.1 Å². The van der Waals surface area contributed by atoms with Crippen molar-refractivity contribution in [2.45, 2.75) is 18.9 Å². The number of aromatic amines is 1. The van der Waals surface area contributed by atoms with E-state index in [1.807, 2.05) is 24.3 Å². The quantitative estimate of drug-likeness (QED) is 0.853. The number of aromatic nitrogens is 2. The number of benzene rings is 1. The highest BCUT2D eigenvalue weighted by molar-refractivity contribution is 7.88. The van der Waals surface area contributed by atoms with Crippen LogP contribution >= 0.6 is 0 Å². The molecule has 1 aromatic carbocycles. The van der Waals surface area contributed by atoms with Gasteiger partial charge in [-0.1, -0.05) is 12.1 Å². The predicted molar refractivity (Wildman–Crippen MR) is 82.9 cm³/mol. The van der Waals surface area contributed by atoms with Crippen molar-refractivity contribution in [2.75, 3.05) is 19.3 Å². The normalized spacial score (nSPS) is 17.5. The largest absolute Gasteiger partial charge is 0.342 e. The van der Waals surface area contributed by atoms with E-state index in [2.05, 4.69) is 14.7 Å². The molecule has 0 saturated carbocycles. The van der Waals surface area contributed by atoms with Crippen LogP contribution in [0.3, 0.4) is 0 Å².